The molecule has 0 aliphatic rings. The fourth-order valence-electron chi connectivity index (χ4n) is 2.32. The number of allylic oxidation sites excluding steroid dienone is 1. The number of hydrogen-bond acceptors (Lipinski definition) is 1. The van der Waals surface area contributed by atoms with Crippen molar-refractivity contribution in [2.24, 2.45) is 0 Å². The van der Waals surface area contributed by atoms with Crippen LogP contribution in [-0.2, 0) is 4.74 Å². The second kappa shape index (κ2) is 15.5. The lowest BCUT2D eigenvalue weighted by molar-refractivity contribution is 0.0602. The summed E-state index contributed by atoms with van der Waals surface area (Å²) in [5, 5.41) is 0. The predicted molar refractivity (Wildman–Crippen MR) is 86.6 cm³/mol. The van der Waals surface area contributed by atoms with Crippen LogP contribution in [0, 0.1) is 0 Å². The standard InChI is InChI=1S/C18H34O/c1-4-7-9-10-11-12-13-14-16-18(15-8-5-2)19-17-6-3/h5-6,18H,2-4,7-17H2,1H3. The van der Waals surface area contributed by atoms with E-state index in [0.29, 0.717) is 12.7 Å². The van der Waals surface area contributed by atoms with Crippen molar-refractivity contribution >= 4 is 0 Å². The Bertz CT molecular complexity index is 186. The first-order valence-electron chi connectivity index (χ1n) is 8.18. The molecule has 0 aliphatic carbocycles. The van der Waals surface area contributed by atoms with Crippen LogP contribution in [-0.4, -0.2) is 12.7 Å². The Morgan fingerprint density at radius 2 is 1.47 bits per heavy atom. The van der Waals surface area contributed by atoms with Crippen LogP contribution in [0.15, 0.2) is 25.3 Å². The topological polar surface area (TPSA) is 9.23 Å². The monoisotopic (exact) mass is 266 g/mol. The Labute approximate surface area is 121 Å². The quantitative estimate of drug-likeness (QED) is 0.259. The molecule has 19 heavy (non-hydrogen) atoms. The van der Waals surface area contributed by atoms with E-state index in [9.17, 15) is 0 Å². The van der Waals surface area contributed by atoms with E-state index >= 15 is 0 Å². The Hall–Kier alpha value is -0.560. The van der Waals surface area contributed by atoms with Gasteiger partial charge < -0.3 is 4.74 Å². The summed E-state index contributed by atoms with van der Waals surface area (Å²) in [6, 6.07) is 0. The summed E-state index contributed by atoms with van der Waals surface area (Å²) in [6.45, 7) is 10.4. The van der Waals surface area contributed by atoms with Crippen LogP contribution in [0.2, 0.25) is 0 Å². The lowest BCUT2D eigenvalue weighted by Gasteiger charge is -2.16. The van der Waals surface area contributed by atoms with Gasteiger partial charge in [-0.25, -0.2) is 0 Å². The van der Waals surface area contributed by atoms with Gasteiger partial charge in [-0.05, 0) is 19.3 Å². The number of unbranched alkanes of at least 4 members (excludes halogenated alkanes) is 7. The van der Waals surface area contributed by atoms with E-state index in [2.05, 4.69) is 20.1 Å². The molecule has 0 aliphatic heterocycles. The third kappa shape index (κ3) is 13.7. The van der Waals surface area contributed by atoms with Crippen LogP contribution in [0.4, 0.5) is 0 Å². The fourth-order valence-corrected chi connectivity index (χ4v) is 2.32. The molecule has 1 unspecified atom stereocenters. The molecular weight excluding hydrogens is 232 g/mol. The van der Waals surface area contributed by atoms with Crippen molar-refractivity contribution in [1.82, 2.24) is 0 Å². The highest BCUT2D eigenvalue weighted by atomic mass is 16.5. The first-order chi connectivity index (χ1) is 9.35. The average molecular weight is 266 g/mol. The lowest BCUT2D eigenvalue weighted by atomic mass is 10.0. The molecule has 112 valence electrons. The summed E-state index contributed by atoms with van der Waals surface area (Å²) in [5.41, 5.74) is 0. The molecule has 0 saturated heterocycles. The summed E-state index contributed by atoms with van der Waals surface area (Å²) in [6.07, 6.45) is 18.6. The second-order valence-electron chi connectivity index (χ2n) is 5.37. The van der Waals surface area contributed by atoms with Crippen molar-refractivity contribution < 1.29 is 4.74 Å². The van der Waals surface area contributed by atoms with Gasteiger partial charge >= 0.3 is 0 Å². The molecule has 1 atom stereocenters. The van der Waals surface area contributed by atoms with Gasteiger partial charge in [-0.3, -0.25) is 0 Å². The highest BCUT2D eigenvalue weighted by Gasteiger charge is 2.07. The van der Waals surface area contributed by atoms with Crippen molar-refractivity contribution in [3.8, 4) is 0 Å². The molecule has 0 fully saturated rings. The van der Waals surface area contributed by atoms with E-state index in [1.165, 1.54) is 57.8 Å². The molecule has 1 nitrogen and oxygen atoms in total. The van der Waals surface area contributed by atoms with Crippen molar-refractivity contribution in [3.05, 3.63) is 25.3 Å². The van der Waals surface area contributed by atoms with Crippen LogP contribution < -0.4 is 0 Å². The SMILES string of the molecule is C=CCCC(CCCCCCCCCC)OCC=C. The van der Waals surface area contributed by atoms with Gasteiger partial charge in [0, 0.05) is 0 Å². The normalized spacial score (nSPS) is 12.3. The minimum Gasteiger partial charge on any atom is -0.374 e. The van der Waals surface area contributed by atoms with E-state index in [0.717, 1.165) is 12.8 Å². The van der Waals surface area contributed by atoms with Gasteiger partial charge in [0.2, 0.25) is 0 Å². The van der Waals surface area contributed by atoms with Crippen LogP contribution in [0.3, 0.4) is 0 Å². The Morgan fingerprint density at radius 3 is 2.05 bits per heavy atom. The average Bonchev–Trinajstić information content (AvgIpc) is 2.43. The minimum absolute atomic E-state index is 0.399. The summed E-state index contributed by atoms with van der Waals surface area (Å²) >= 11 is 0. The molecule has 0 aromatic rings. The Morgan fingerprint density at radius 1 is 0.842 bits per heavy atom. The van der Waals surface area contributed by atoms with Gasteiger partial charge in [-0.1, -0.05) is 70.4 Å². The molecule has 0 saturated carbocycles. The van der Waals surface area contributed by atoms with Crippen molar-refractivity contribution in [2.45, 2.75) is 83.7 Å². The second-order valence-corrected chi connectivity index (χ2v) is 5.37. The maximum absolute atomic E-state index is 5.79. The molecule has 0 amide bonds. The zero-order chi connectivity index (χ0) is 14.2. The highest BCUT2D eigenvalue weighted by molar-refractivity contribution is 4.72. The Kier molecular flexibility index (Phi) is 15.0. The fraction of sp³-hybridized carbons (Fsp3) is 0.778. The highest BCUT2D eigenvalue weighted by Crippen LogP contribution is 2.15. The summed E-state index contributed by atoms with van der Waals surface area (Å²) in [4.78, 5) is 0. The van der Waals surface area contributed by atoms with Crippen molar-refractivity contribution in [1.29, 1.82) is 0 Å². The van der Waals surface area contributed by atoms with E-state index in [-0.39, 0.29) is 0 Å². The molecule has 0 N–H and O–H groups in total. The van der Waals surface area contributed by atoms with Gasteiger partial charge in [-0.15, -0.1) is 13.2 Å². The third-order valence-electron chi connectivity index (χ3n) is 3.52. The number of hydrogen-bond donors (Lipinski definition) is 0. The van der Waals surface area contributed by atoms with Crippen LogP contribution in [0.5, 0.6) is 0 Å². The lowest BCUT2D eigenvalue weighted by Crippen LogP contribution is -2.12. The molecule has 0 radical (unpaired) electrons. The maximum Gasteiger partial charge on any atom is 0.0648 e. The Balaban J connectivity index is 3.45. The van der Waals surface area contributed by atoms with Gasteiger partial charge in [0.05, 0.1) is 12.7 Å². The van der Waals surface area contributed by atoms with Gasteiger partial charge in [-0.2, -0.15) is 0 Å². The van der Waals surface area contributed by atoms with Crippen LogP contribution >= 0.6 is 0 Å². The van der Waals surface area contributed by atoms with E-state index < -0.39 is 0 Å². The third-order valence-corrected chi connectivity index (χ3v) is 3.52. The van der Waals surface area contributed by atoms with Crippen LogP contribution in [0.25, 0.3) is 0 Å². The summed E-state index contributed by atoms with van der Waals surface area (Å²) in [7, 11) is 0. The van der Waals surface area contributed by atoms with E-state index in [4.69, 9.17) is 4.74 Å². The smallest absolute Gasteiger partial charge is 0.0648 e. The molecule has 0 aromatic carbocycles. The van der Waals surface area contributed by atoms with Crippen molar-refractivity contribution in [2.75, 3.05) is 6.61 Å². The summed E-state index contributed by atoms with van der Waals surface area (Å²) < 4.78 is 5.79. The zero-order valence-corrected chi connectivity index (χ0v) is 13.0. The largest absolute Gasteiger partial charge is 0.374 e. The van der Waals surface area contributed by atoms with Crippen LogP contribution in [0.1, 0.15) is 77.6 Å². The van der Waals surface area contributed by atoms with Gasteiger partial charge in [0.15, 0.2) is 0 Å². The van der Waals surface area contributed by atoms with Gasteiger partial charge in [0.1, 0.15) is 0 Å². The molecule has 1 heteroatoms. The molecular formula is C18H34O. The van der Waals surface area contributed by atoms with Gasteiger partial charge in [0.25, 0.3) is 0 Å². The number of ether oxygens (including phenoxy) is 1. The zero-order valence-electron chi connectivity index (χ0n) is 13.0. The molecule has 0 rings (SSSR count). The maximum atomic E-state index is 5.79. The molecule has 0 aromatic heterocycles. The van der Waals surface area contributed by atoms with Crippen molar-refractivity contribution in [3.63, 3.8) is 0 Å². The molecule has 0 bridgehead atoms. The first-order valence-corrected chi connectivity index (χ1v) is 8.18. The molecule has 0 spiro atoms. The predicted octanol–water partition coefficient (Wildman–Crippen LogP) is 6.05. The minimum atomic E-state index is 0.399. The van der Waals surface area contributed by atoms with E-state index in [1.54, 1.807) is 0 Å². The van der Waals surface area contributed by atoms with E-state index in [1.807, 2.05) is 12.2 Å². The summed E-state index contributed by atoms with van der Waals surface area (Å²) in [5.74, 6) is 0. The first kappa shape index (κ1) is 18.4. The number of rotatable bonds is 15. The molecule has 0 heterocycles.